The summed E-state index contributed by atoms with van der Waals surface area (Å²) in [5.41, 5.74) is 4.28. The quantitative estimate of drug-likeness (QED) is 0.196. The molecule has 0 aromatic rings. The van der Waals surface area contributed by atoms with Crippen LogP contribution in [0.25, 0.3) is 4.98 Å². The highest BCUT2D eigenvalue weighted by Crippen LogP contribution is 2.13. The number of hydrogen-bond donors (Lipinski definition) is 1. The Kier molecular flexibility index (Phi) is 13.2. The number of rotatable bonds is 11. The molecule has 0 bridgehead atoms. The maximum atomic E-state index is 9.29. The Morgan fingerprint density at radius 3 is 2.17 bits per heavy atom. The van der Waals surface area contributed by atoms with E-state index in [1.54, 1.807) is 11.8 Å². The van der Waals surface area contributed by atoms with Crippen LogP contribution in [0.2, 0.25) is 0 Å². The zero-order chi connectivity index (χ0) is 17.5. The van der Waals surface area contributed by atoms with Gasteiger partial charge in [-0.2, -0.15) is 11.8 Å². The molecule has 0 fully saturated rings. The number of diazo groups is 1. The van der Waals surface area contributed by atoms with Crippen molar-refractivity contribution in [2.24, 2.45) is 0 Å². The number of hydrogen-bond acceptors (Lipinski definition) is 3. The van der Waals surface area contributed by atoms with Gasteiger partial charge in [0.1, 0.15) is 0 Å². The molecule has 0 aromatic heterocycles. The minimum absolute atomic E-state index is 0.120. The lowest BCUT2D eigenvalue weighted by molar-refractivity contribution is 0.395. The van der Waals surface area contributed by atoms with Gasteiger partial charge in [0.25, 0.3) is 0 Å². The predicted octanol–water partition coefficient (Wildman–Crippen LogP) is 6.78. The highest BCUT2D eigenvalue weighted by Gasteiger charge is 1.99. The third-order valence-electron chi connectivity index (χ3n) is 3.38. The molecule has 128 valence electrons. The Labute approximate surface area is 145 Å². The van der Waals surface area contributed by atoms with E-state index in [1.807, 2.05) is 0 Å². The van der Waals surface area contributed by atoms with Crippen LogP contribution in [0.1, 0.15) is 59.8 Å². The molecule has 23 heavy (non-hydrogen) atoms. The van der Waals surface area contributed by atoms with Gasteiger partial charge in [0.05, 0.1) is 0 Å². The molecule has 4 heteroatoms. The van der Waals surface area contributed by atoms with Crippen LogP contribution in [0.5, 0.6) is 0 Å². The molecule has 0 aliphatic rings. The van der Waals surface area contributed by atoms with Crippen LogP contribution in [0.4, 0.5) is 0 Å². The van der Waals surface area contributed by atoms with Crippen molar-refractivity contribution in [3.63, 3.8) is 0 Å². The first-order valence-corrected chi connectivity index (χ1v) is 9.35. The molecule has 0 saturated heterocycles. The van der Waals surface area contributed by atoms with E-state index in [9.17, 15) is 5.11 Å². The van der Waals surface area contributed by atoms with Gasteiger partial charge in [0.2, 0.25) is 5.39 Å². The number of aliphatic hydroxyl groups is 1. The van der Waals surface area contributed by atoms with Crippen molar-refractivity contribution in [3.05, 3.63) is 51.9 Å². The molecule has 3 nitrogen and oxygen atoms in total. The van der Waals surface area contributed by atoms with Gasteiger partial charge in [-0.25, -0.2) is 0 Å². The first-order chi connectivity index (χ1) is 11.0. The molecule has 0 spiro atoms. The lowest BCUT2D eigenvalue weighted by Crippen LogP contribution is -1.86. The van der Waals surface area contributed by atoms with Gasteiger partial charge in [-0.1, -0.05) is 34.9 Å². The van der Waals surface area contributed by atoms with E-state index in [0.29, 0.717) is 6.42 Å². The molecule has 0 atom stereocenters. The minimum Gasteiger partial charge on any atom is -0.505 e. The second kappa shape index (κ2) is 14.1. The van der Waals surface area contributed by atoms with E-state index in [0.717, 1.165) is 43.4 Å². The number of allylic oxidation sites excluding steroid dienone is 6. The van der Waals surface area contributed by atoms with Crippen molar-refractivity contribution in [2.45, 2.75) is 59.8 Å². The first kappa shape index (κ1) is 21.5. The Morgan fingerprint density at radius 2 is 1.57 bits per heavy atom. The zero-order valence-electron chi connectivity index (χ0n) is 15.0. The molecule has 0 unspecified atom stereocenters. The lowest BCUT2D eigenvalue weighted by atomic mass is 10.1. The standard InChI is InChI=1S/C19H30N2OS/c1-16(2)7-5-8-17(3)9-6-10-18(4)11-13-23-14-12-19(22)15-21-20/h7,9,11,15H,5-6,8,10,12-14H2,1-4H3/p+1/b17-9-,18-11-,19-15-. The van der Waals surface area contributed by atoms with Crippen molar-refractivity contribution >= 4 is 11.8 Å². The fraction of sp³-hybridized carbons (Fsp3) is 0.579. The van der Waals surface area contributed by atoms with Crippen molar-refractivity contribution < 1.29 is 5.11 Å². The zero-order valence-corrected chi connectivity index (χ0v) is 15.8. The molecule has 0 rings (SSSR count). The summed E-state index contributed by atoms with van der Waals surface area (Å²) < 4.78 is 0. The molecular formula is C19H31N2OS+. The van der Waals surface area contributed by atoms with E-state index < -0.39 is 0 Å². The van der Waals surface area contributed by atoms with Crippen LogP contribution < -0.4 is 0 Å². The summed E-state index contributed by atoms with van der Waals surface area (Å²) in [6.07, 6.45) is 13.0. The van der Waals surface area contributed by atoms with Crippen LogP contribution in [0.3, 0.4) is 0 Å². The first-order valence-electron chi connectivity index (χ1n) is 8.20. The topological polar surface area (TPSA) is 48.4 Å². The Morgan fingerprint density at radius 1 is 0.957 bits per heavy atom. The molecule has 0 amide bonds. The molecule has 0 aliphatic heterocycles. The van der Waals surface area contributed by atoms with Crippen LogP contribution in [0.15, 0.2) is 46.9 Å². The van der Waals surface area contributed by atoms with Crippen molar-refractivity contribution in [2.75, 3.05) is 11.5 Å². The van der Waals surface area contributed by atoms with Crippen molar-refractivity contribution in [1.29, 1.82) is 5.39 Å². The van der Waals surface area contributed by atoms with Gasteiger partial charge in [-0.15, -0.1) is 0 Å². The SMILES string of the molecule is CC(C)=CCC/C(C)=C\CC/C(C)=C\CSCC/C(O)=C/[N+]#N. The molecule has 1 N–H and O–H groups in total. The van der Waals surface area contributed by atoms with E-state index in [2.05, 4.69) is 50.9 Å². The fourth-order valence-electron chi connectivity index (χ4n) is 1.93. The summed E-state index contributed by atoms with van der Waals surface area (Å²) in [7, 11) is 0. The second-order valence-electron chi connectivity index (χ2n) is 6.02. The van der Waals surface area contributed by atoms with E-state index in [-0.39, 0.29) is 5.76 Å². The third kappa shape index (κ3) is 15.2. The summed E-state index contributed by atoms with van der Waals surface area (Å²) in [5.74, 6) is 1.90. The summed E-state index contributed by atoms with van der Waals surface area (Å²) in [6, 6.07) is 0. The summed E-state index contributed by atoms with van der Waals surface area (Å²) in [6.45, 7) is 8.68. The van der Waals surface area contributed by atoms with Gasteiger partial charge >= 0.3 is 6.20 Å². The average molecular weight is 336 g/mol. The molecular weight excluding hydrogens is 304 g/mol. The van der Waals surface area contributed by atoms with Gasteiger partial charge in [-0.3, -0.25) is 0 Å². The number of thioether (sulfide) groups is 1. The molecule has 0 aromatic carbocycles. The summed E-state index contributed by atoms with van der Waals surface area (Å²) in [4.78, 5) is 2.80. The molecule has 0 aliphatic carbocycles. The molecule has 0 heterocycles. The van der Waals surface area contributed by atoms with Crippen LogP contribution in [-0.4, -0.2) is 16.6 Å². The largest absolute Gasteiger partial charge is 0.505 e. The summed E-state index contributed by atoms with van der Waals surface area (Å²) in [5, 5.41) is 17.6. The van der Waals surface area contributed by atoms with Gasteiger partial charge in [0.15, 0.2) is 10.7 Å². The van der Waals surface area contributed by atoms with Gasteiger partial charge in [-0.05, 0) is 53.4 Å². The van der Waals surface area contributed by atoms with E-state index in [1.165, 1.54) is 16.7 Å². The highest BCUT2D eigenvalue weighted by atomic mass is 32.2. The molecule has 0 radical (unpaired) electrons. The summed E-state index contributed by atoms with van der Waals surface area (Å²) >= 11 is 1.77. The van der Waals surface area contributed by atoms with E-state index >= 15 is 0 Å². The normalized spacial score (nSPS) is 12.9. The predicted molar refractivity (Wildman–Crippen MR) is 103 cm³/mol. The Balaban J connectivity index is 3.84. The van der Waals surface area contributed by atoms with Crippen molar-refractivity contribution in [1.82, 2.24) is 0 Å². The maximum absolute atomic E-state index is 9.29. The minimum atomic E-state index is 0.120. The third-order valence-corrected chi connectivity index (χ3v) is 4.28. The fourth-order valence-corrected chi connectivity index (χ4v) is 2.85. The highest BCUT2D eigenvalue weighted by molar-refractivity contribution is 7.99. The van der Waals surface area contributed by atoms with Crippen LogP contribution in [0, 0.1) is 5.39 Å². The molecule has 0 saturated carbocycles. The lowest BCUT2D eigenvalue weighted by Gasteiger charge is -2.02. The average Bonchev–Trinajstić information content (AvgIpc) is 2.46. The van der Waals surface area contributed by atoms with Crippen molar-refractivity contribution in [3.8, 4) is 0 Å². The van der Waals surface area contributed by atoms with Crippen LogP contribution >= 0.6 is 11.8 Å². The van der Waals surface area contributed by atoms with Gasteiger partial charge in [0, 0.05) is 17.9 Å². The van der Waals surface area contributed by atoms with E-state index in [4.69, 9.17) is 5.39 Å². The number of aliphatic hydroxyl groups excluding tert-OH is 1. The Bertz CT molecular complexity index is 492. The van der Waals surface area contributed by atoms with Gasteiger partial charge < -0.3 is 5.11 Å². The maximum Gasteiger partial charge on any atom is 0.387 e. The Hall–Kier alpha value is -1.47. The number of nitrogens with zero attached hydrogens (tertiary/aromatic N) is 2. The van der Waals surface area contributed by atoms with Crippen LogP contribution in [-0.2, 0) is 0 Å². The second-order valence-corrected chi connectivity index (χ2v) is 7.17. The monoisotopic (exact) mass is 335 g/mol. The smallest absolute Gasteiger partial charge is 0.387 e.